The summed E-state index contributed by atoms with van der Waals surface area (Å²) in [4.78, 5) is 1.30. The van der Waals surface area contributed by atoms with Gasteiger partial charge in [0.2, 0.25) is 0 Å². The predicted molar refractivity (Wildman–Crippen MR) is 69.6 cm³/mol. The predicted octanol–water partition coefficient (Wildman–Crippen LogP) is 4.02. The van der Waals surface area contributed by atoms with Crippen LogP contribution in [-0.2, 0) is 6.54 Å². The molecular weight excluding hydrogens is 242 g/mol. The van der Waals surface area contributed by atoms with E-state index in [1.165, 1.54) is 4.88 Å². The van der Waals surface area contributed by atoms with Gasteiger partial charge >= 0.3 is 0 Å². The molecule has 16 heavy (non-hydrogen) atoms. The summed E-state index contributed by atoms with van der Waals surface area (Å²) in [6, 6.07) is 9.82. The Hall–Kier alpha value is -1.19. The number of thiophene rings is 1. The monoisotopic (exact) mass is 253 g/mol. The minimum Gasteiger partial charge on any atom is -0.495 e. The van der Waals surface area contributed by atoms with Crippen molar-refractivity contribution in [2.75, 3.05) is 12.4 Å². The van der Waals surface area contributed by atoms with Gasteiger partial charge in [-0.1, -0.05) is 17.7 Å². The molecule has 0 aliphatic heterocycles. The van der Waals surface area contributed by atoms with Crippen molar-refractivity contribution in [3.05, 3.63) is 45.6 Å². The summed E-state index contributed by atoms with van der Waals surface area (Å²) >= 11 is 7.68. The lowest BCUT2D eigenvalue weighted by Gasteiger charge is -2.08. The van der Waals surface area contributed by atoms with Crippen LogP contribution in [0.1, 0.15) is 4.88 Å². The van der Waals surface area contributed by atoms with Crippen molar-refractivity contribution in [2.24, 2.45) is 0 Å². The van der Waals surface area contributed by atoms with Crippen LogP contribution in [0.25, 0.3) is 0 Å². The average molecular weight is 254 g/mol. The van der Waals surface area contributed by atoms with E-state index in [0.717, 1.165) is 12.2 Å². The fraction of sp³-hybridized carbons (Fsp3) is 0.167. The molecule has 1 aromatic carbocycles. The van der Waals surface area contributed by atoms with Gasteiger partial charge in [-0.05, 0) is 23.6 Å². The molecule has 0 aliphatic carbocycles. The van der Waals surface area contributed by atoms with Gasteiger partial charge in [-0.3, -0.25) is 0 Å². The number of hydrogen-bond acceptors (Lipinski definition) is 3. The summed E-state index contributed by atoms with van der Waals surface area (Å²) in [5, 5.41) is 6.02. The van der Waals surface area contributed by atoms with Gasteiger partial charge in [0.25, 0.3) is 0 Å². The van der Waals surface area contributed by atoms with Gasteiger partial charge in [0, 0.05) is 23.2 Å². The third-order valence-corrected chi connectivity index (χ3v) is 3.39. The summed E-state index contributed by atoms with van der Waals surface area (Å²) in [6.45, 7) is 0.822. The Kier molecular flexibility index (Phi) is 3.70. The maximum atomic E-state index is 5.95. The number of hydrogen-bond donors (Lipinski definition) is 1. The Morgan fingerprint density at radius 3 is 2.94 bits per heavy atom. The van der Waals surface area contributed by atoms with E-state index in [2.05, 4.69) is 16.8 Å². The number of methoxy groups -OCH3 is 1. The van der Waals surface area contributed by atoms with Gasteiger partial charge in [0.1, 0.15) is 5.75 Å². The number of halogens is 1. The molecule has 0 saturated heterocycles. The van der Waals surface area contributed by atoms with Crippen molar-refractivity contribution in [3.8, 4) is 5.75 Å². The number of ether oxygens (including phenoxy) is 1. The van der Waals surface area contributed by atoms with Crippen LogP contribution < -0.4 is 10.1 Å². The summed E-state index contributed by atoms with van der Waals surface area (Å²) in [5.41, 5.74) is 1.01. The van der Waals surface area contributed by atoms with Crippen LogP contribution in [-0.4, -0.2) is 7.11 Å². The van der Waals surface area contributed by atoms with Crippen LogP contribution in [0, 0.1) is 0 Å². The first-order valence-electron chi connectivity index (χ1n) is 4.89. The Labute approximate surface area is 104 Å². The molecule has 0 amide bonds. The lowest BCUT2D eigenvalue weighted by Crippen LogP contribution is -1.97. The average Bonchev–Trinajstić information content (AvgIpc) is 2.81. The third-order valence-electron chi connectivity index (χ3n) is 2.20. The van der Waals surface area contributed by atoms with E-state index < -0.39 is 0 Å². The van der Waals surface area contributed by atoms with Gasteiger partial charge in [0.15, 0.2) is 0 Å². The Bertz CT molecular complexity index is 456. The summed E-state index contributed by atoms with van der Waals surface area (Å²) < 4.78 is 5.15. The molecule has 2 rings (SSSR count). The second-order valence-electron chi connectivity index (χ2n) is 3.28. The van der Waals surface area contributed by atoms with Crippen LogP contribution in [0.2, 0.25) is 5.02 Å². The highest BCUT2D eigenvalue weighted by molar-refractivity contribution is 7.09. The van der Waals surface area contributed by atoms with E-state index in [4.69, 9.17) is 16.3 Å². The van der Waals surface area contributed by atoms with Crippen LogP contribution in [0.15, 0.2) is 35.7 Å². The molecule has 1 N–H and O–H groups in total. The van der Waals surface area contributed by atoms with Gasteiger partial charge in [-0.2, -0.15) is 0 Å². The highest BCUT2D eigenvalue weighted by atomic mass is 35.5. The Balaban J connectivity index is 2.04. The lowest BCUT2D eigenvalue weighted by molar-refractivity contribution is 0.415. The summed E-state index contributed by atoms with van der Waals surface area (Å²) in [7, 11) is 1.62. The van der Waals surface area contributed by atoms with Crippen molar-refractivity contribution in [2.45, 2.75) is 6.54 Å². The van der Waals surface area contributed by atoms with Gasteiger partial charge < -0.3 is 10.1 Å². The van der Waals surface area contributed by atoms with Crippen molar-refractivity contribution in [1.82, 2.24) is 0 Å². The normalized spacial score (nSPS) is 10.1. The Morgan fingerprint density at radius 2 is 2.25 bits per heavy atom. The molecule has 0 aliphatic rings. The quantitative estimate of drug-likeness (QED) is 0.889. The van der Waals surface area contributed by atoms with E-state index in [9.17, 15) is 0 Å². The summed E-state index contributed by atoms with van der Waals surface area (Å²) in [6.07, 6.45) is 0. The first kappa shape index (κ1) is 11.3. The van der Waals surface area contributed by atoms with E-state index in [1.807, 2.05) is 24.3 Å². The van der Waals surface area contributed by atoms with Crippen LogP contribution >= 0.6 is 22.9 Å². The number of benzene rings is 1. The molecule has 1 heterocycles. The Morgan fingerprint density at radius 1 is 1.38 bits per heavy atom. The molecule has 4 heteroatoms. The van der Waals surface area contributed by atoms with Crippen molar-refractivity contribution in [3.63, 3.8) is 0 Å². The number of anilines is 1. The molecule has 2 nitrogen and oxygen atoms in total. The van der Waals surface area contributed by atoms with Crippen molar-refractivity contribution in [1.29, 1.82) is 0 Å². The minimum atomic E-state index is 0.629. The van der Waals surface area contributed by atoms with E-state index in [-0.39, 0.29) is 0 Å². The fourth-order valence-electron chi connectivity index (χ4n) is 1.37. The van der Waals surface area contributed by atoms with Gasteiger partial charge in [-0.25, -0.2) is 0 Å². The topological polar surface area (TPSA) is 21.3 Å². The molecule has 2 aromatic rings. The third kappa shape index (κ3) is 2.68. The highest BCUT2D eigenvalue weighted by Gasteiger charge is 2.01. The summed E-state index contributed by atoms with van der Waals surface area (Å²) in [5.74, 6) is 0.692. The zero-order valence-corrected chi connectivity index (χ0v) is 10.4. The standard InChI is InChI=1S/C12H12ClNOS/c1-15-12-7-9(4-5-11(12)13)14-8-10-3-2-6-16-10/h2-7,14H,8H2,1H3. The second-order valence-corrected chi connectivity index (χ2v) is 4.72. The molecule has 0 atom stereocenters. The lowest BCUT2D eigenvalue weighted by atomic mass is 10.3. The smallest absolute Gasteiger partial charge is 0.139 e. The maximum absolute atomic E-state index is 5.95. The largest absolute Gasteiger partial charge is 0.495 e. The molecule has 1 aromatic heterocycles. The van der Waals surface area contributed by atoms with E-state index in [0.29, 0.717) is 10.8 Å². The van der Waals surface area contributed by atoms with Crippen molar-refractivity contribution >= 4 is 28.6 Å². The molecule has 84 valence electrons. The molecule has 0 radical (unpaired) electrons. The van der Waals surface area contributed by atoms with Crippen LogP contribution in [0.5, 0.6) is 5.75 Å². The fourth-order valence-corrected chi connectivity index (χ4v) is 2.21. The molecule has 0 saturated carbocycles. The molecule has 0 spiro atoms. The number of rotatable bonds is 4. The molecular formula is C12H12ClNOS. The zero-order valence-electron chi connectivity index (χ0n) is 8.87. The SMILES string of the molecule is COc1cc(NCc2cccs2)ccc1Cl. The first-order chi connectivity index (χ1) is 7.79. The van der Waals surface area contributed by atoms with Gasteiger partial charge in [0.05, 0.1) is 12.1 Å². The van der Waals surface area contributed by atoms with Crippen LogP contribution in [0.4, 0.5) is 5.69 Å². The number of nitrogens with one attached hydrogen (secondary N) is 1. The van der Waals surface area contributed by atoms with Gasteiger partial charge in [-0.15, -0.1) is 11.3 Å². The first-order valence-corrected chi connectivity index (χ1v) is 6.15. The molecule has 0 unspecified atom stereocenters. The highest BCUT2D eigenvalue weighted by Crippen LogP contribution is 2.27. The second kappa shape index (κ2) is 5.23. The maximum Gasteiger partial charge on any atom is 0.139 e. The van der Waals surface area contributed by atoms with Crippen LogP contribution in [0.3, 0.4) is 0 Å². The molecule has 0 fully saturated rings. The van der Waals surface area contributed by atoms with Crippen molar-refractivity contribution < 1.29 is 4.74 Å². The minimum absolute atomic E-state index is 0.629. The van der Waals surface area contributed by atoms with E-state index in [1.54, 1.807) is 18.4 Å². The zero-order chi connectivity index (χ0) is 11.4. The molecule has 0 bridgehead atoms. The van der Waals surface area contributed by atoms with E-state index >= 15 is 0 Å².